The molecule has 2 aromatic carbocycles. The summed E-state index contributed by atoms with van der Waals surface area (Å²) in [6.07, 6.45) is 1.66. The predicted octanol–water partition coefficient (Wildman–Crippen LogP) is 3.50. The molecule has 1 heterocycles. The zero-order valence-corrected chi connectivity index (χ0v) is 13.8. The van der Waals surface area contributed by atoms with Gasteiger partial charge in [-0.05, 0) is 35.9 Å². The zero-order valence-electron chi connectivity index (χ0n) is 12.2. The quantitative estimate of drug-likeness (QED) is 0.647. The first-order valence-corrected chi connectivity index (χ1v) is 8.08. The van der Waals surface area contributed by atoms with E-state index in [2.05, 4.69) is 0 Å². The van der Waals surface area contributed by atoms with E-state index < -0.39 is 5.97 Å². The first-order valence-electron chi connectivity index (χ1n) is 6.86. The lowest BCUT2D eigenvalue weighted by Gasteiger charge is -2.14. The maximum absolute atomic E-state index is 12.6. The smallest absolute Gasteiger partial charge is 0.335 e. The van der Waals surface area contributed by atoms with Crippen LogP contribution in [0, 0.1) is 0 Å². The van der Waals surface area contributed by atoms with E-state index in [4.69, 9.17) is 17.3 Å². The maximum atomic E-state index is 12.6. The lowest BCUT2D eigenvalue weighted by molar-refractivity contribution is -0.113. The lowest BCUT2D eigenvalue weighted by Crippen LogP contribution is -2.27. The third kappa shape index (κ3) is 3.17. The highest BCUT2D eigenvalue weighted by atomic mass is 32.2. The second-order valence-electron chi connectivity index (χ2n) is 4.96. The number of carbonyl (C=O) groups is 2. The summed E-state index contributed by atoms with van der Waals surface area (Å²) in [4.78, 5) is 25.2. The molecule has 7 heteroatoms. The minimum atomic E-state index is -1.00. The van der Waals surface area contributed by atoms with Gasteiger partial charge in [-0.3, -0.25) is 9.69 Å². The molecule has 0 unspecified atom stereocenters. The molecule has 0 bridgehead atoms. The highest BCUT2D eigenvalue weighted by molar-refractivity contribution is 8.27. The molecular weight excluding hydrogens is 346 g/mol. The number of thiocarbonyl (C=S) groups is 1. The fourth-order valence-electron chi connectivity index (χ4n) is 2.20. The van der Waals surface area contributed by atoms with Crippen molar-refractivity contribution in [3.63, 3.8) is 0 Å². The minimum Gasteiger partial charge on any atom is -0.508 e. The fourth-order valence-corrected chi connectivity index (χ4v) is 3.49. The van der Waals surface area contributed by atoms with Crippen LogP contribution < -0.4 is 4.90 Å². The van der Waals surface area contributed by atoms with Crippen molar-refractivity contribution in [2.24, 2.45) is 0 Å². The van der Waals surface area contributed by atoms with Crippen molar-refractivity contribution in [2.75, 3.05) is 4.90 Å². The molecule has 0 spiro atoms. The number of anilines is 1. The zero-order chi connectivity index (χ0) is 17.3. The topological polar surface area (TPSA) is 77.8 Å². The van der Waals surface area contributed by atoms with Crippen LogP contribution in [0.15, 0.2) is 53.4 Å². The Hall–Kier alpha value is -2.64. The standard InChI is InChI=1S/C17H11NO4S2/c19-13-3-1-2-12(9-13)18-15(20)14(24-17(18)23)8-10-4-6-11(7-5-10)16(21)22/h1-9,19H,(H,21,22). The average Bonchev–Trinajstić information content (AvgIpc) is 2.82. The molecule has 5 nitrogen and oxygen atoms in total. The number of thioether (sulfide) groups is 1. The van der Waals surface area contributed by atoms with Gasteiger partial charge in [0.2, 0.25) is 0 Å². The Balaban J connectivity index is 1.89. The number of hydrogen-bond acceptors (Lipinski definition) is 5. The van der Waals surface area contributed by atoms with Crippen LogP contribution in [0.2, 0.25) is 0 Å². The molecule has 1 saturated heterocycles. The Morgan fingerprint density at radius 1 is 1.17 bits per heavy atom. The number of hydrogen-bond donors (Lipinski definition) is 2. The number of phenolic OH excluding ortho intramolecular Hbond substituents is 1. The van der Waals surface area contributed by atoms with Gasteiger partial charge in [-0.2, -0.15) is 0 Å². The molecule has 0 aliphatic carbocycles. The van der Waals surface area contributed by atoms with Gasteiger partial charge in [0.25, 0.3) is 5.91 Å². The monoisotopic (exact) mass is 357 g/mol. The number of carboxylic acids is 1. The van der Waals surface area contributed by atoms with E-state index in [-0.39, 0.29) is 17.2 Å². The van der Waals surface area contributed by atoms with Gasteiger partial charge in [0.15, 0.2) is 4.32 Å². The van der Waals surface area contributed by atoms with Gasteiger partial charge in [-0.15, -0.1) is 0 Å². The molecule has 0 atom stereocenters. The molecule has 1 amide bonds. The Morgan fingerprint density at radius 3 is 2.50 bits per heavy atom. The third-order valence-corrected chi connectivity index (χ3v) is 4.64. The molecule has 2 aromatic rings. The van der Waals surface area contributed by atoms with Crippen molar-refractivity contribution < 1.29 is 19.8 Å². The van der Waals surface area contributed by atoms with Crippen LogP contribution >= 0.6 is 24.0 Å². The fraction of sp³-hybridized carbons (Fsp3) is 0. The summed E-state index contributed by atoms with van der Waals surface area (Å²) in [5.41, 5.74) is 1.39. The van der Waals surface area contributed by atoms with E-state index in [0.29, 0.717) is 20.5 Å². The van der Waals surface area contributed by atoms with Gasteiger partial charge in [-0.1, -0.05) is 42.2 Å². The Morgan fingerprint density at radius 2 is 1.88 bits per heavy atom. The van der Waals surface area contributed by atoms with Crippen LogP contribution in [-0.2, 0) is 4.79 Å². The molecule has 3 rings (SSSR count). The number of phenols is 1. The largest absolute Gasteiger partial charge is 0.508 e. The van der Waals surface area contributed by atoms with Crippen molar-refractivity contribution in [1.29, 1.82) is 0 Å². The van der Waals surface area contributed by atoms with Gasteiger partial charge in [0.05, 0.1) is 16.2 Å². The predicted molar refractivity (Wildman–Crippen MR) is 97.2 cm³/mol. The molecule has 0 aromatic heterocycles. The van der Waals surface area contributed by atoms with E-state index in [0.717, 1.165) is 11.8 Å². The van der Waals surface area contributed by atoms with Crippen LogP contribution in [0.3, 0.4) is 0 Å². The molecule has 0 saturated carbocycles. The van der Waals surface area contributed by atoms with Crippen LogP contribution in [0.1, 0.15) is 15.9 Å². The first kappa shape index (κ1) is 16.2. The SMILES string of the molecule is O=C(O)c1ccc(C=C2SC(=S)N(c3cccc(O)c3)C2=O)cc1. The molecule has 1 aliphatic heterocycles. The van der Waals surface area contributed by atoms with E-state index in [1.54, 1.807) is 30.3 Å². The van der Waals surface area contributed by atoms with Crippen LogP contribution in [-0.4, -0.2) is 26.4 Å². The molecular formula is C17H11NO4S2. The number of carboxylic acid groups (broad SMARTS) is 1. The highest BCUT2D eigenvalue weighted by Crippen LogP contribution is 2.36. The van der Waals surface area contributed by atoms with Crippen molar-refractivity contribution in [3.8, 4) is 5.75 Å². The van der Waals surface area contributed by atoms with Crippen molar-refractivity contribution in [1.82, 2.24) is 0 Å². The number of amides is 1. The van der Waals surface area contributed by atoms with Gasteiger partial charge in [0, 0.05) is 6.07 Å². The van der Waals surface area contributed by atoms with Gasteiger partial charge in [0.1, 0.15) is 5.75 Å². The summed E-state index contributed by atoms with van der Waals surface area (Å²) >= 11 is 6.42. The second-order valence-corrected chi connectivity index (χ2v) is 6.64. The molecule has 0 radical (unpaired) electrons. The van der Waals surface area contributed by atoms with Crippen LogP contribution in [0.5, 0.6) is 5.75 Å². The van der Waals surface area contributed by atoms with E-state index in [9.17, 15) is 14.7 Å². The summed E-state index contributed by atoms with van der Waals surface area (Å²) in [5.74, 6) is -1.23. The number of aromatic hydroxyl groups is 1. The molecule has 2 N–H and O–H groups in total. The van der Waals surface area contributed by atoms with E-state index >= 15 is 0 Å². The van der Waals surface area contributed by atoms with Crippen molar-refractivity contribution in [2.45, 2.75) is 0 Å². The van der Waals surface area contributed by atoms with Crippen molar-refractivity contribution >= 4 is 51.9 Å². The first-order chi connectivity index (χ1) is 11.5. The molecule has 24 heavy (non-hydrogen) atoms. The third-order valence-electron chi connectivity index (χ3n) is 3.34. The highest BCUT2D eigenvalue weighted by Gasteiger charge is 2.33. The number of carbonyl (C=O) groups excluding carboxylic acids is 1. The normalized spacial score (nSPS) is 16.0. The minimum absolute atomic E-state index is 0.0507. The maximum Gasteiger partial charge on any atom is 0.335 e. The Kier molecular flexibility index (Phi) is 4.37. The second kappa shape index (κ2) is 6.46. The number of benzene rings is 2. The van der Waals surface area contributed by atoms with E-state index in [1.807, 2.05) is 0 Å². The van der Waals surface area contributed by atoms with Crippen LogP contribution in [0.4, 0.5) is 5.69 Å². The molecule has 1 aliphatic rings. The van der Waals surface area contributed by atoms with Gasteiger partial charge < -0.3 is 10.2 Å². The van der Waals surface area contributed by atoms with Crippen molar-refractivity contribution in [3.05, 3.63) is 64.6 Å². The Bertz CT molecular complexity index is 874. The lowest BCUT2D eigenvalue weighted by atomic mass is 10.1. The van der Waals surface area contributed by atoms with Gasteiger partial charge in [-0.25, -0.2) is 4.79 Å². The summed E-state index contributed by atoms with van der Waals surface area (Å²) in [6.45, 7) is 0. The van der Waals surface area contributed by atoms with Gasteiger partial charge >= 0.3 is 5.97 Å². The number of rotatable bonds is 3. The molecule has 1 fully saturated rings. The summed E-state index contributed by atoms with van der Waals surface area (Å²) < 4.78 is 0.374. The Labute approximate surface area is 147 Å². The van der Waals surface area contributed by atoms with E-state index in [1.165, 1.54) is 29.2 Å². The summed E-state index contributed by atoms with van der Waals surface area (Å²) in [7, 11) is 0. The molecule has 120 valence electrons. The number of nitrogens with zero attached hydrogens (tertiary/aromatic N) is 1. The average molecular weight is 357 g/mol. The summed E-state index contributed by atoms with van der Waals surface area (Å²) in [5, 5.41) is 18.5. The summed E-state index contributed by atoms with van der Waals surface area (Å²) in [6, 6.07) is 12.5. The van der Waals surface area contributed by atoms with Crippen LogP contribution in [0.25, 0.3) is 6.08 Å². The number of aromatic carboxylic acids is 1.